The third-order valence-electron chi connectivity index (χ3n) is 2.57. The van der Waals surface area contributed by atoms with Crippen molar-refractivity contribution in [3.05, 3.63) is 34.3 Å². The maximum atomic E-state index is 5.99. The predicted octanol–water partition coefficient (Wildman–Crippen LogP) is 3.82. The highest BCUT2D eigenvalue weighted by atomic mass is 79.9. The molecule has 96 valence electrons. The summed E-state index contributed by atoms with van der Waals surface area (Å²) in [5.74, 6) is 0.974. The molecule has 1 unspecified atom stereocenters. The van der Waals surface area contributed by atoms with Crippen molar-refractivity contribution in [3.63, 3.8) is 0 Å². The Morgan fingerprint density at radius 3 is 2.47 bits per heavy atom. The smallest absolute Gasteiger partial charge is 0.0700 e. The molecule has 0 saturated heterocycles. The van der Waals surface area contributed by atoms with E-state index in [1.165, 1.54) is 5.56 Å². The minimum absolute atomic E-state index is 0.354. The molecule has 0 aliphatic rings. The highest BCUT2D eigenvalue weighted by molar-refractivity contribution is 9.10. The van der Waals surface area contributed by atoms with E-state index in [0.717, 1.165) is 17.5 Å². The van der Waals surface area contributed by atoms with E-state index in [4.69, 9.17) is 21.1 Å². The summed E-state index contributed by atoms with van der Waals surface area (Å²) in [5.41, 5.74) is 1.26. The van der Waals surface area contributed by atoms with Gasteiger partial charge in [0.25, 0.3) is 0 Å². The van der Waals surface area contributed by atoms with Gasteiger partial charge in [-0.1, -0.05) is 28.1 Å². The topological polar surface area (TPSA) is 18.5 Å². The van der Waals surface area contributed by atoms with E-state index in [2.05, 4.69) is 28.1 Å². The van der Waals surface area contributed by atoms with Gasteiger partial charge in [-0.25, -0.2) is 0 Å². The molecule has 17 heavy (non-hydrogen) atoms. The van der Waals surface area contributed by atoms with E-state index in [9.17, 15) is 0 Å². The predicted molar refractivity (Wildman–Crippen MR) is 74.9 cm³/mol. The van der Waals surface area contributed by atoms with Crippen molar-refractivity contribution in [3.8, 4) is 0 Å². The van der Waals surface area contributed by atoms with Gasteiger partial charge in [-0.2, -0.15) is 0 Å². The first kappa shape index (κ1) is 15.0. The first-order valence-electron chi connectivity index (χ1n) is 5.66. The SMILES string of the molecule is COCCOCCC(CCl)c1ccc(Br)cc1. The molecule has 0 spiro atoms. The van der Waals surface area contributed by atoms with Crippen molar-refractivity contribution in [2.45, 2.75) is 12.3 Å². The Morgan fingerprint density at radius 2 is 1.88 bits per heavy atom. The molecule has 0 heterocycles. The van der Waals surface area contributed by atoms with Crippen LogP contribution in [0.3, 0.4) is 0 Å². The Hall–Kier alpha value is -0.0900. The van der Waals surface area contributed by atoms with Crippen molar-refractivity contribution in [1.82, 2.24) is 0 Å². The number of methoxy groups -OCH3 is 1. The van der Waals surface area contributed by atoms with E-state index in [1.54, 1.807) is 7.11 Å². The van der Waals surface area contributed by atoms with Crippen LogP contribution in [-0.4, -0.2) is 32.8 Å². The van der Waals surface area contributed by atoms with Crippen LogP contribution in [0.1, 0.15) is 17.9 Å². The van der Waals surface area contributed by atoms with Crippen LogP contribution in [0.4, 0.5) is 0 Å². The summed E-state index contributed by atoms with van der Waals surface area (Å²) in [6, 6.07) is 8.29. The Kier molecular flexibility index (Phi) is 7.86. The van der Waals surface area contributed by atoms with Gasteiger partial charge >= 0.3 is 0 Å². The Morgan fingerprint density at radius 1 is 1.18 bits per heavy atom. The molecule has 0 fully saturated rings. The summed E-state index contributed by atoms with van der Waals surface area (Å²) < 4.78 is 11.5. The number of alkyl halides is 1. The van der Waals surface area contributed by atoms with E-state index >= 15 is 0 Å². The minimum atomic E-state index is 0.354. The van der Waals surface area contributed by atoms with E-state index in [0.29, 0.717) is 25.0 Å². The zero-order chi connectivity index (χ0) is 12.5. The molecule has 2 nitrogen and oxygen atoms in total. The van der Waals surface area contributed by atoms with Crippen molar-refractivity contribution in [2.75, 3.05) is 32.8 Å². The maximum Gasteiger partial charge on any atom is 0.0700 e. The molecule has 0 aromatic heterocycles. The number of benzene rings is 1. The Labute approximate surface area is 116 Å². The fourth-order valence-corrected chi connectivity index (χ4v) is 2.13. The normalized spacial score (nSPS) is 12.6. The van der Waals surface area contributed by atoms with E-state index < -0.39 is 0 Å². The van der Waals surface area contributed by atoms with E-state index in [1.807, 2.05) is 12.1 Å². The number of halogens is 2. The second-order valence-corrected chi connectivity index (χ2v) is 5.02. The van der Waals surface area contributed by atoms with Crippen LogP contribution in [-0.2, 0) is 9.47 Å². The summed E-state index contributed by atoms with van der Waals surface area (Å²) in [7, 11) is 1.67. The van der Waals surface area contributed by atoms with Crippen LogP contribution >= 0.6 is 27.5 Å². The van der Waals surface area contributed by atoms with Gasteiger partial charge in [-0.05, 0) is 30.0 Å². The molecule has 0 saturated carbocycles. The van der Waals surface area contributed by atoms with Crippen LogP contribution in [0.25, 0.3) is 0 Å². The summed E-state index contributed by atoms with van der Waals surface area (Å²) in [6.45, 7) is 2.01. The van der Waals surface area contributed by atoms with Crippen LogP contribution in [0.2, 0.25) is 0 Å². The molecule has 1 atom stereocenters. The lowest BCUT2D eigenvalue weighted by molar-refractivity contribution is 0.0676. The first-order valence-corrected chi connectivity index (χ1v) is 6.98. The highest BCUT2D eigenvalue weighted by Gasteiger charge is 2.09. The minimum Gasteiger partial charge on any atom is -0.382 e. The molecular weight excluding hydrogens is 303 g/mol. The molecule has 0 aliphatic heterocycles. The molecule has 4 heteroatoms. The largest absolute Gasteiger partial charge is 0.382 e. The first-order chi connectivity index (χ1) is 8.27. The summed E-state index contributed by atoms with van der Waals surface area (Å²) in [4.78, 5) is 0. The molecule has 1 rings (SSSR count). The zero-order valence-corrected chi connectivity index (χ0v) is 12.3. The monoisotopic (exact) mass is 320 g/mol. The van der Waals surface area contributed by atoms with Gasteiger partial charge in [-0.3, -0.25) is 0 Å². The Balaban J connectivity index is 2.35. The van der Waals surface area contributed by atoms with Gasteiger partial charge < -0.3 is 9.47 Å². The number of hydrogen-bond donors (Lipinski definition) is 0. The van der Waals surface area contributed by atoms with Gasteiger partial charge in [0.05, 0.1) is 13.2 Å². The second kappa shape index (κ2) is 8.92. The van der Waals surface area contributed by atoms with Crippen molar-refractivity contribution >= 4 is 27.5 Å². The lowest BCUT2D eigenvalue weighted by Gasteiger charge is -2.14. The summed E-state index contributed by atoms with van der Waals surface area (Å²) in [5, 5.41) is 0. The van der Waals surface area contributed by atoms with Gasteiger partial charge in [0.1, 0.15) is 0 Å². The molecule has 1 aromatic carbocycles. The van der Waals surface area contributed by atoms with Crippen molar-refractivity contribution in [2.24, 2.45) is 0 Å². The molecule has 1 aromatic rings. The fourth-order valence-electron chi connectivity index (χ4n) is 1.54. The lowest BCUT2D eigenvalue weighted by Crippen LogP contribution is -2.08. The molecular formula is C13H18BrClO2. The standard InChI is InChI=1S/C13H18BrClO2/c1-16-8-9-17-7-6-12(10-15)11-2-4-13(14)5-3-11/h2-5,12H,6-10H2,1H3. The average Bonchev–Trinajstić information content (AvgIpc) is 2.35. The third kappa shape index (κ3) is 5.87. The summed E-state index contributed by atoms with van der Waals surface area (Å²) >= 11 is 9.42. The molecule has 0 radical (unpaired) electrons. The Bertz CT molecular complexity index is 303. The lowest BCUT2D eigenvalue weighted by atomic mass is 9.98. The molecule has 0 amide bonds. The maximum absolute atomic E-state index is 5.99. The number of rotatable bonds is 8. The molecule has 0 aliphatic carbocycles. The second-order valence-electron chi connectivity index (χ2n) is 3.80. The average molecular weight is 322 g/mol. The number of ether oxygens (including phenoxy) is 2. The van der Waals surface area contributed by atoms with E-state index in [-0.39, 0.29) is 0 Å². The van der Waals surface area contributed by atoms with Gasteiger partial charge in [0.15, 0.2) is 0 Å². The van der Waals surface area contributed by atoms with Crippen LogP contribution in [0, 0.1) is 0 Å². The van der Waals surface area contributed by atoms with Gasteiger partial charge in [-0.15, -0.1) is 11.6 Å². The van der Waals surface area contributed by atoms with Crippen LogP contribution in [0.15, 0.2) is 28.7 Å². The highest BCUT2D eigenvalue weighted by Crippen LogP contribution is 2.23. The quantitative estimate of drug-likeness (QED) is 0.535. The van der Waals surface area contributed by atoms with Crippen molar-refractivity contribution in [1.29, 1.82) is 0 Å². The molecule has 0 bridgehead atoms. The molecule has 0 N–H and O–H groups in total. The van der Waals surface area contributed by atoms with Crippen LogP contribution in [0.5, 0.6) is 0 Å². The summed E-state index contributed by atoms with van der Waals surface area (Å²) in [6.07, 6.45) is 0.939. The fraction of sp³-hybridized carbons (Fsp3) is 0.538. The van der Waals surface area contributed by atoms with Crippen LogP contribution < -0.4 is 0 Å². The number of hydrogen-bond acceptors (Lipinski definition) is 2. The zero-order valence-electron chi connectivity index (χ0n) is 9.99. The third-order valence-corrected chi connectivity index (χ3v) is 3.47. The van der Waals surface area contributed by atoms with Crippen molar-refractivity contribution < 1.29 is 9.47 Å². The van der Waals surface area contributed by atoms with Gasteiger partial charge in [0, 0.05) is 24.1 Å². The van der Waals surface area contributed by atoms with Gasteiger partial charge in [0.2, 0.25) is 0 Å².